The predicted octanol–water partition coefficient (Wildman–Crippen LogP) is 3.41. The Morgan fingerprint density at radius 2 is 2.16 bits per heavy atom. The summed E-state index contributed by atoms with van der Waals surface area (Å²) < 4.78 is 11.4. The highest BCUT2D eigenvalue weighted by molar-refractivity contribution is 5.49. The van der Waals surface area contributed by atoms with Crippen LogP contribution in [0.3, 0.4) is 0 Å². The molecule has 0 bridgehead atoms. The number of nitrogens with two attached hydrogens (primary N) is 1. The number of aromatic nitrogens is 1. The lowest BCUT2D eigenvalue weighted by molar-refractivity contribution is 0.116. The molecule has 4 heteroatoms. The Balaban J connectivity index is 2.00. The van der Waals surface area contributed by atoms with Gasteiger partial charge in [-0.05, 0) is 38.2 Å². The van der Waals surface area contributed by atoms with Crippen LogP contribution in [0, 0.1) is 5.92 Å². The third-order valence-electron chi connectivity index (χ3n) is 3.74. The third kappa shape index (κ3) is 3.75. The van der Waals surface area contributed by atoms with Crippen molar-refractivity contribution < 1.29 is 9.47 Å². The Hall–Kier alpha value is -1.45. The van der Waals surface area contributed by atoms with E-state index in [0.717, 1.165) is 18.8 Å². The van der Waals surface area contributed by atoms with Crippen LogP contribution in [0.2, 0.25) is 0 Å². The van der Waals surface area contributed by atoms with E-state index in [0.29, 0.717) is 24.1 Å². The van der Waals surface area contributed by atoms with Crippen LogP contribution in [-0.4, -0.2) is 17.7 Å². The van der Waals surface area contributed by atoms with Crippen LogP contribution < -0.4 is 15.2 Å². The van der Waals surface area contributed by atoms with Gasteiger partial charge in [0.15, 0.2) is 0 Å². The van der Waals surface area contributed by atoms with E-state index in [9.17, 15) is 0 Å². The minimum Gasteiger partial charge on any atom is -0.476 e. The summed E-state index contributed by atoms with van der Waals surface area (Å²) in [4.78, 5) is 4.34. The quantitative estimate of drug-likeness (QED) is 0.885. The average molecular weight is 264 g/mol. The van der Waals surface area contributed by atoms with Crippen molar-refractivity contribution in [2.45, 2.75) is 52.1 Å². The van der Waals surface area contributed by atoms with E-state index < -0.39 is 0 Å². The van der Waals surface area contributed by atoms with Gasteiger partial charge in [0, 0.05) is 6.07 Å². The summed E-state index contributed by atoms with van der Waals surface area (Å²) in [6.45, 7) is 4.73. The fraction of sp³-hybridized carbons (Fsp3) is 0.667. The maximum absolute atomic E-state index is 5.98. The normalized spacial score (nSPS) is 23.1. The summed E-state index contributed by atoms with van der Waals surface area (Å²) >= 11 is 0. The third-order valence-corrected chi connectivity index (χ3v) is 3.74. The van der Waals surface area contributed by atoms with Crippen molar-refractivity contribution in [1.29, 1.82) is 0 Å². The van der Waals surface area contributed by atoms with Crippen molar-refractivity contribution in [3.8, 4) is 11.8 Å². The topological polar surface area (TPSA) is 57.4 Å². The van der Waals surface area contributed by atoms with Crippen LogP contribution in [0.5, 0.6) is 11.8 Å². The molecule has 0 aromatic carbocycles. The van der Waals surface area contributed by atoms with Crippen LogP contribution >= 0.6 is 0 Å². The largest absolute Gasteiger partial charge is 0.476 e. The molecule has 0 amide bonds. The van der Waals surface area contributed by atoms with Gasteiger partial charge in [-0.3, -0.25) is 0 Å². The molecule has 2 N–H and O–H groups in total. The molecule has 1 saturated carbocycles. The number of nitrogens with zero attached hydrogens (tertiary/aromatic N) is 1. The first-order valence-electron chi connectivity index (χ1n) is 7.28. The number of pyridine rings is 1. The summed E-state index contributed by atoms with van der Waals surface area (Å²) in [5.41, 5.74) is 6.37. The lowest BCUT2D eigenvalue weighted by atomic mass is 9.85. The number of hydrogen-bond acceptors (Lipinski definition) is 4. The molecule has 2 atom stereocenters. The van der Waals surface area contributed by atoms with Gasteiger partial charge in [0.1, 0.15) is 6.10 Å². The van der Waals surface area contributed by atoms with Crippen molar-refractivity contribution >= 4 is 5.69 Å². The summed E-state index contributed by atoms with van der Waals surface area (Å²) in [7, 11) is 0. The second-order valence-electron chi connectivity index (χ2n) is 5.16. The molecule has 4 nitrogen and oxygen atoms in total. The van der Waals surface area contributed by atoms with Gasteiger partial charge in [0.2, 0.25) is 11.8 Å². The van der Waals surface area contributed by atoms with Crippen LogP contribution in [0.4, 0.5) is 5.69 Å². The van der Waals surface area contributed by atoms with Gasteiger partial charge in [-0.2, -0.15) is 4.98 Å². The zero-order chi connectivity index (χ0) is 13.7. The van der Waals surface area contributed by atoms with Crippen molar-refractivity contribution in [1.82, 2.24) is 4.98 Å². The monoisotopic (exact) mass is 264 g/mol. The Labute approximate surface area is 115 Å². The lowest BCUT2D eigenvalue weighted by Crippen LogP contribution is -2.25. The van der Waals surface area contributed by atoms with Gasteiger partial charge >= 0.3 is 0 Å². The minimum absolute atomic E-state index is 0.282. The maximum atomic E-state index is 5.98. The molecule has 1 aromatic heterocycles. The molecule has 1 aliphatic carbocycles. The van der Waals surface area contributed by atoms with Crippen molar-refractivity contribution in [3.05, 3.63) is 12.1 Å². The highest BCUT2D eigenvalue weighted by Gasteiger charge is 2.22. The summed E-state index contributed by atoms with van der Waals surface area (Å²) in [5.74, 6) is 1.89. The minimum atomic E-state index is 0.282. The standard InChI is InChI=1S/C15H24N2O2/c1-3-11-6-5-7-12(10-11)19-14-9-8-13(16)15(17-14)18-4-2/h8-9,11-12H,3-7,10,16H2,1-2H3. The number of hydrogen-bond donors (Lipinski definition) is 1. The van der Waals surface area contributed by atoms with Crippen LogP contribution in [0.15, 0.2) is 12.1 Å². The highest BCUT2D eigenvalue weighted by atomic mass is 16.5. The summed E-state index contributed by atoms with van der Waals surface area (Å²) in [5, 5.41) is 0. The van der Waals surface area contributed by atoms with Gasteiger partial charge in [-0.25, -0.2) is 0 Å². The number of anilines is 1. The zero-order valence-corrected chi connectivity index (χ0v) is 11.9. The van der Waals surface area contributed by atoms with E-state index in [-0.39, 0.29) is 6.10 Å². The van der Waals surface area contributed by atoms with Gasteiger partial charge in [-0.15, -0.1) is 0 Å². The molecule has 0 radical (unpaired) electrons. The second kappa shape index (κ2) is 6.64. The second-order valence-corrected chi connectivity index (χ2v) is 5.16. The molecule has 0 spiro atoms. The average Bonchev–Trinajstić information content (AvgIpc) is 2.43. The van der Waals surface area contributed by atoms with E-state index in [1.165, 1.54) is 19.3 Å². The fourth-order valence-electron chi connectivity index (χ4n) is 2.64. The van der Waals surface area contributed by atoms with E-state index >= 15 is 0 Å². The summed E-state index contributed by atoms with van der Waals surface area (Å²) in [6.07, 6.45) is 6.34. The van der Waals surface area contributed by atoms with E-state index in [1.807, 2.05) is 13.0 Å². The Bertz CT molecular complexity index is 409. The highest BCUT2D eigenvalue weighted by Crippen LogP contribution is 2.30. The molecule has 1 heterocycles. The van der Waals surface area contributed by atoms with Gasteiger partial charge in [-0.1, -0.05) is 19.8 Å². The molecular formula is C15H24N2O2. The molecule has 1 aliphatic rings. The molecule has 106 valence electrons. The molecule has 2 rings (SSSR count). The Morgan fingerprint density at radius 1 is 1.32 bits per heavy atom. The molecular weight excluding hydrogens is 240 g/mol. The van der Waals surface area contributed by atoms with Gasteiger partial charge in [0.05, 0.1) is 12.3 Å². The first-order valence-corrected chi connectivity index (χ1v) is 7.28. The van der Waals surface area contributed by atoms with E-state index in [1.54, 1.807) is 6.07 Å². The molecule has 19 heavy (non-hydrogen) atoms. The van der Waals surface area contributed by atoms with Crippen molar-refractivity contribution in [2.24, 2.45) is 5.92 Å². The Kier molecular flexibility index (Phi) is 4.88. The molecule has 0 saturated heterocycles. The number of ether oxygens (including phenoxy) is 2. The van der Waals surface area contributed by atoms with Crippen LogP contribution in [-0.2, 0) is 0 Å². The van der Waals surface area contributed by atoms with Crippen LogP contribution in [0.25, 0.3) is 0 Å². The lowest BCUT2D eigenvalue weighted by Gasteiger charge is -2.28. The fourth-order valence-corrected chi connectivity index (χ4v) is 2.64. The van der Waals surface area contributed by atoms with E-state index in [2.05, 4.69) is 11.9 Å². The predicted molar refractivity (Wildman–Crippen MR) is 76.5 cm³/mol. The number of rotatable bonds is 5. The molecule has 1 fully saturated rings. The Morgan fingerprint density at radius 3 is 2.89 bits per heavy atom. The van der Waals surface area contributed by atoms with Gasteiger partial charge in [0.25, 0.3) is 0 Å². The molecule has 0 aliphatic heterocycles. The van der Waals surface area contributed by atoms with Crippen LogP contribution in [0.1, 0.15) is 46.0 Å². The van der Waals surface area contributed by atoms with Gasteiger partial charge < -0.3 is 15.2 Å². The van der Waals surface area contributed by atoms with Crippen molar-refractivity contribution in [3.63, 3.8) is 0 Å². The summed E-state index contributed by atoms with van der Waals surface area (Å²) in [6, 6.07) is 3.63. The van der Waals surface area contributed by atoms with Crippen molar-refractivity contribution in [2.75, 3.05) is 12.3 Å². The zero-order valence-electron chi connectivity index (χ0n) is 11.9. The SMILES string of the molecule is CCOc1nc(OC2CCCC(CC)C2)ccc1N. The smallest absolute Gasteiger partial charge is 0.240 e. The first kappa shape index (κ1) is 14.0. The maximum Gasteiger partial charge on any atom is 0.240 e. The number of nitrogen functional groups attached to an aromatic ring is 1. The first-order chi connectivity index (χ1) is 9.22. The molecule has 2 unspecified atom stereocenters. The van der Waals surface area contributed by atoms with E-state index in [4.69, 9.17) is 15.2 Å². The molecule has 1 aromatic rings.